The van der Waals surface area contributed by atoms with E-state index in [0.29, 0.717) is 5.75 Å². The predicted octanol–water partition coefficient (Wildman–Crippen LogP) is 1.81. The lowest BCUT2D eigenvalue weighted by atomic mass is 10.1. The average molecular weight is 282 g/mol. The van der Waals surface area contributed by atoms with Gasteiger partial charge >= 0.3 is 5.51 Å². The van der Waals surface area contributed by atoms with Crippen molar-refractivity contribution in [2.75, 3.05) is 12.9 Å². The number of ether oxygens (including phenoxy) is 1. The van der Waals surface area contributed by atoms with Crippen molar-refractivity contribution >= 4 is 15.6 Å². The molecule has 0 aliphatic rings. The maximum absolute atomic E-state index is 12.1. The molecule has 0 amide bonds. The highest BCUT2D eigenvalue weighted by Crippen LogP contribution is 2.24. The number of sulfone groups is 1. The van der Waals surface area contributed by atoms with E-state index in [2.05, 4.69) is 0 Å². The van der Waals surface area contributed by atoms with Crippen LogP contribution in [-0.4, -0.2) is 32.6 Å². The van der Waals surface area contributed by atoms with Crippen LogP contribution in [0, 0.1) is 0 Å². The van der Waals surface area contributed by atoms with Gasteiger partial charge in [0.05, 0.1) is 7.11 Å². The normalized spacial score (nSPS) is 12.2. The molecule has 0 aromatic heterocycles. The third kappa shape index (κ3) is 3.22. The van der Waals surface area contributed by atoms with E-state index in [9.17, 15) is 26.4 Å². The van der Waals surface area contributed by atoms with Gasteiger partial charge in [-0.2, -0.15) is 13.2 Å². The molecule has 0 saturated heterocycles. The summed E-state index contributed by atoms with van der Waals surface area (Å²) in [7, 11) is -4.06. The number of hydrogen-bond donors (Lipinski definition) is 0. The Labute approximate surface area is 101 Å². The number of rotatable bonds is 4. The number of carbonyl (C=O) groups is 1. The van der Waals surface area contributed by atoms with Crippen molar-refractivity contribution in [2.45, 2.75) is 5.51 Å². The summed E-state index contributed by atoms with van der Waals surface area (Å²) in [6.45, 7) is 0. The van der Waals surface area contributed by atoms with Crippen LogP contribution in [0.25, 0.3) is 0 Å². The zero-order valence-electron chi connectivity index (χ0n) is 9.19. The molecule has 0 fully saturated rings. The number of alkyl halides is 3. The first-order valence-electron chi connectivity index (χ1n) is 4.63. The first-order valence-corrected chi connectivity index (χ1v) is 6.29. The summed E-state index contributed by atoms with van der Waals surface area (Å²) >= 11 is 0. The highest BCUT2D eigenvalue weighted by molar-refractivity contribution is 7.92. The number of Topliss-reactive ketones (excluding diaryl/α,β-unsaturated/α-hetero) is 1. The summed E-state index contributed by atoms with van der Waals surface area (Å²) in [4.78, 5) is 11.4. The molecule has 8 heteroatoms. The predicted molar refractivity (Wildman–Crippen MR) is 57.2 cm³/mol. The van der Waals surface area contributed by atoms with Crippen LogP contribution in [0.2, 0.25) is 0 Å². The van der Waals surface area contributed by atoms with Crippen LogP contribution in [0.5, 0.6) is 5.75 Å². The van der Waals surface area contributed by atoms with E-state index < -0.39 is 26.9 Å². The van der Waals surface area contributed by atoms with Crippen LogP contribution in [0.4, 0.5) is 13.2 Å². The summed E-state index contributed by atoms with van der Waals surface area (Å²) in [6.07, 6.45) is 0. The van der Waals surface area contributed by atoms with Gasteiger partial charge < -0.3 is 4.74 Å². The van der Waals surface area contributed by atoms with Gasteiger partial charge in [0.1, 0.15) is 11.5 Å². The van der Waals surface area contributed by atoms with Crippen molar-refractivity contribution in [3.8, 4) is 5.75 Å². The Hall–Kier alpha value is -1.57. The molecule has 1 aromatic carbocycles. The minimum Gasteiger partial charge on any atom is -0.497 e. The van der Waals surface area contributed by atoms with E-state index in [1.54, 1.807) is 0 Å². The highest BCUT2D eigenvalue weighted by Gasteiger charge is 2.46. The summed E-state index contributed by atoms with van der Waals surface area (Å²) in [5.41, 5.74) is -5.54. The Bertz CT molecular complexity index is 531. The number of benzene rings is 1. The van der Waals surface area contributed by atoms with E-state index >= 15 is 0 Å². The van der Waals surface area contributed by atoms with Crippen molar-refractivity contribution in [1.29, 1.82) is 0 Å². The van der Waals surface area contributed by atoms with Crippen LogP contribution >= 0.6 is 0 Å². The smallest absolute Gasteiger partial charge is 0.497 e. The van der Waals surface area contributed by atoms with Gasteiger partial charge in [0.25, 0.3) is 9.84 Å². The van der Waals surface area contributed by atoms with Crippen molar-refractivity contribution in [3.05, 3.63) is 29.8 Å². The molecule has 1 rings (SSSR count). The fourth-order valence-corrected chi connectivity index (χ4v) is 1.79. The molecule has 0 aliphatic carbocycles. The number of ketones is 1. The van der Waals surface area contributed by atoms with Crippen molar-refractivity contribution < 1.29 is 31.1 Å². The Morgan fingerprint density at radius 1 is 1.22 bits per heavy atom. The molecule has 4 nitrogen and oxygen atoms in total. The molecule has 0 heterocycles. The second-order valence-corrected chi connectivity index (χ2v) is 5.34. The Balaban J connectivity index is 2.89. The van der Waals surface area contributed by atoms with E-state index in [1.807, 2.05) is 0 Å². The van der Waals surface area contributed by atoms with Gasteiger partial charge in [0.2, 0.25) is 0 Å². The number of carbonyl (C=O) groups excluding carboxylic acids is 1. The molecule has 0 bridgehead atoms. The fraction of sp³-hybridized carbons (Fsp3) is 0.300. The molecule has 100 valence electrons. The third-order valence-electron chi connectivity index (χ3n) is 2.09. The molecule has 1 aromatic rings. The first-order chi connectivity index (χ1) is 8.17. The number of halogens is 3. The molecule has 0 spiro atoms. The van der Waals surface area contributed by atoms with Crippen molar-refractivity contribution in [3.63, 3.8) is 0 Å². The molecule has 0 N–H and O–H groups in total. The van der Waals surface area contributed by atoms with Crippen molar-refractivity contribution in [1.82, 2.24) is 0 Å². The molecular weight excluding hydrogens is 273 g/mol. The largest absolute Gasteiger partial charge is 0.497 e. The number of hydrogen-bond acceptors (Lipinski definition) is 4. The monoisotopic (exact) mass is 282 g/mol. The van der Waals surface area contributed by atoms with Crippen LogP contribution in [0.15, 0.2) is 24.3 Å². The van der Waals surface area contributed by atoms with Gasteiger partial charge in [0.15, 0.2) is 5.78 Å². The molecule has 0 aliphatic heterocycles. The minimum absolute atomic E-state index is 0.122. The average Bonchev–Trinajstić information content (AvgIpc) is 2.27. The standard InChI is InChI=1S/C10H9F3O4S/c1-17-8-4-2-7(3-5-8)9(14)6-18(15,16)10(11,12)13/h2-5H,6H2,1H3. The SMILES string of the molecule is COc1ccc(C(=O)CS(=O)(=O)C(F)(F)F)cc1. The summed E-state index contributed by atoms with van der Waals surface area (Å²) in [6, 6.07) is 5.11. The maximum atomic E-state index is 12.1. The van der Waals surface area contributed by atoms with Gasteiger partial charge in [-0.15, -0.1) is 0 Å². The minimum atomic E-state index is -5.44. The topological polar surface area (TPSA) is 60.4 Å². The molecule has 0 atom stereocenters. The molecule has 0 saturated carbocycles. The van der Waals surface area contributed by atoms with Crippen LogP contribution in [0.3, 0.4) is 0 Å². The van der Waals surface area contributed by atoms with E-state index in [1.165, 1.54) is 31.4 Å². The highest BCUT2D eigenvalue weighted by atomic mass is 32.2. The quantitative estimate of drug-likeness (QED) is 0.790. The van der Waals surface area contributed by atoms with Gasteiger partial charge in [-0.05, 0) is 24.3 Å². The zero-order chi connectivity index (χ0) is 14.0. The second-order valence-electron chi connectivity index (χ2n) is 3.36. The van der Waals surface area contributed by atoms with E-state index in [-0.39, 0.29) is 5.56 Å². The lowest BCUT2D eigenvalue weighted by molar-refractivity contribution is -0.0434. The second kappa shape index (κ2) is 4.97. The lowest BCUT2D eigenvalue weighted by Gasteiger charge is -2.07. The van der Waals surface area contributed by atoms with Crippen LogP contribution in [-0.2, 0) is 9.84 Å². The molecular formula is C10H9F3O4S. The first kappa shape index (κ1) is 14.5. The summed E-state index contributed by atoms with van der Waals surface area (Å²) in [5, 5.41) is 0. The fourth-order valence-electron chi connectivity index (χ4n) is 1.11. The third-order valence-corrected chi connectivity index (χ3v) is 3.43. The maximum Gasteiger partial charge on any atom is 0.497 e. The Morgan fingerprint density at radius 3 is 2.11 bits per heavy atom. The van der Waals surface area contributed by atoms with Gasteiger partial charge in [-0.1, -0.05) is 0 Å². The Morgan fingerprint density at radius 2 is 1.72 bits per heavy atom. The van der Waals surface area contributed by atoms with E-state index in [4.69, 9.17) is 4.74 Å². The Kier molecular flexibility index (Phi) is 4.00. The zero-order valence-corrected chi connectivity index (χ0v) is 10.0. The van der Waals surface area contributed by atoms with Crippen molar-refractivity contribution in [2.24, 2.45) is 0 Å². The van der Waals surface area contributed by atoms with E-state index in [0.717, 1.165) is 0 Å². The molecule has 0 unspecified atom stereocenters. The summed E-state index contributed by atoms with van der Waals surface area (Å²) in [5.74, 6) is -2.30. The van der Waals surface area contributed by atoms with Crippen LogP contribution in [0.1, 0.15) is 10.4 Å². The molecule has 0 radical (unpaired) electrons. The van der Waals surface area contributed by atoms with Gasteiger partial charge in [-0.25, -0.2) is 8.42 Å². The van der Waals surface area contributed by atoms with Gasteiger partial charge in [0, 0.05) is 5.56 Å². The van der Waals surface area contributed by atoms with Gasteiger partial charge in [-0.3, -0.25) is 4.79 Å². The molecule has 18 heavy (non-hydrogen) atoms. The summed E-state index contributed by atoms with van der Waals surface area (Å²) < 4.78 is 62.6. The lowest BCUT2D eigenvalue weighted by Crippen LogP contribution is -2.30. The van der Waals surface area contributed by atoms with Crippen LogP contribution < -0.4 is 4.74 Å². The number of methoxy groups -OCH3 is 1.